The van der Waals surface area contributed by atoms with Crippen molar-refractivity contribution < 1.29 is 13.2 Å². The summed E-state index contributed by atoms with van der Waals surface area (Å²) >= 11 is 0.846. The average Bonchev–Trinajstić information content (AvgIpc) is 2.76. The zero-order valence-corrected chi connectivity index (χ0v) is 10.8. The molecule has 3 N–H and O–H groups in total. The monoisotopic (exact) mass is 278 g/mol. The molecule has 0 aliphatic carbocycles. The Hall–Kier alpha value is -0.770. The van der Waals surface area contributed by atoms with Crippen molar-refractivity contribution in [1.29, 1.82) is 0 Å². The van der Waals surface area contributed by atoms with E-state index in [1.807, 2.05) is 0 Å². The van der Waals surface area contributed by atoms with Crippen LogP contribution in [0.5, 0.6) is 0 Å². The maximum absolute atomic E-state index is 11.8. The van der Waals surface area contributed by atoms with Gasteiger partial charge in [-0.25, -0.2) is 13.1 Å². The van der Waals surface area contributed by atoms with Crippen LogP contribution in [-0.2, 0) is 14.8 Å². The summed E-state index contributed by atoms with van der Waals surface area (Å²) in [7, 11) is -3.60. The maximum atomic E-state index is 11.8. The number of ether oxygens (including phenoxy) is 1. The summed E-state index contributed by atoms with van der Waals surface area (Å²) in [5.41, 5.74) is 5.34. The average molecular weight is 278 g/mol. The highest BCUT2D eigenvalue weighted by molar-refractivity contribution is 7.91. The Balaban J connectivity index is 1.93. The number of nitrogen functional groups attached to an aromatic ring is 1. The van der Waals surface area contributed by atoms with Crippen molar-refractivity contribution in [3.8, 4) is 0 Å². The zero-order valence-electron chi connectivity index (χ0n) is 9.13. The molecule has 1 saturated heterocycles. The Labute approximate surface area is 103 Å². The first kappa shape index (κ1) is 12.7. The summed E-state index contributed by atoms with van der Waals surface area (Å²) in [5.74, 6) is 0. The van der Waals surface area contributed by atoms with Gasteiger partial charge in [-0.15, -0.1) is 10.2 Å². The Morgan fingerprint density at radius 1 is 1.47 bits per heavy atom. The van der Waals surface area contributed by atoms with E-state index in [4.69, 9.17) is 10.5 Å². The summed E-state index contributed by atoms with van der Waals surface area (Å²) in [6.07, 6.45) is 2.93. The van der Waals surface area contributed by atoms with Crippen molar-refractivity contribution in [2.45, 2.75) is 29.7 Å². The lowest BCUT2D eigenvalue weighted by molar-refractivity contribution is 0.0200. The molecule has 96 valence electrons. The van der Waals surface area contributed by atoms with Crippen LogP contribution < -0.4 is 10.5 Å². The maximum Gasteiger partial charge on any atom is 0.269 e. The normalized spacial score (nSPS) is 21.5. The Morgan fingerprint density at radius 3 is 2.88 bits per heavy atom. The second kappa shape index (κ2) is 5.25. The standard InChI is InChI=1S/C8H14N4O3S2/c9-7-11-12-8(16-7)17(13,14)10-5-6-3-1-2-4-15-6/h6,10H,1-5H2,(H2,9,11). The van der Waals surface area contributed by atoms with Crippen LogP contribution in [-0.4, -0.2) is 37.9 Å². The number of nitrogens with one attached hydrogen (secondary N) is 1. The molecule has 9 heteroatoms. The number of sulfonamides is 1. The van der Waals surface area contributed by atoms with Crippen LogP contribution in [0.4, 0.5) is 5.13 Å². The lowest BCUT2D eigenvalue weighted by atomic mass is 10.1. The third-order valence-electron chi connectivity index (χ3n) is 2.43. The third-order valence-corrected chi connectivity index (χ3v) is 4.97. The van der Waals surface area contributed by atoms with Crippen molar-refractivity contribution in [3.63, 3.8) is 0 Å². The second-order valence-corrected chi connectivity index (χ2v) is 6.70. The minimum Gasteiger partial charge on any atom is -0.377 e. The van der Waals surface area contributed by atoms with E-state index in [0.717, 1.165) is 30.6 Å². The molecule has 17 heavy (non-hydrogen) atoms. The summed E-state index contributed by atoms with van der Waals surface area (Å²) in [5, 5.41) is 7.12. The topological polar surface area (TPSA) is 107 Å². The molecule has 1 aliphatic rings. The summed E-state index contributed by atoms with van der Waals surface area (Å²) in [4.78, 5) is 0. The summed E-state index contributed by atoms with van der Waals surface area (Å²) in [6, 6.07) is 0. The van der Waals surface area contributed by atoms with E-state index >= 15 is 0 Å². The van der Waals surface area contributed by atoms with Gasteiger partial charge >= 0.3 is 0 Å². The van der Waals surface area contributed by atoms with Crippen molar-refractivity contribution in [2.75, 3.05) is 18.9 Å². The van der Waals surface area contributed by atoms with Gasteiger partial charge in [0.1, 0.15) is 0 Å². The van der Waals surface area contributed by atoms with Gasteiger partial charge in [0.05, 0.1) is 6.10 Å². The van der Waals surface area contributed by atoms with Gasteiger partial charge in [0.2, 0.25) is 9.47 Å². The molecule has 0 radical (unpaired) electrons. The fraction of sp³-hybridized carbons (Fsp3) is 0.750. The van der Waals surface area contributed by atoms with Crippen LogP contribution in [0.1, 0.15) is 19.3 Å². The number of hydrogen-bond donors (Lipinski definition) is 2. The van der Waals surface area contributed by atoms with Gasteiger partial charge in [0.25, 0.3) is 10.0 Å². The fourth-order valence-electron chi connectivity index (χ4n) is 1.56. The second-order valence-electron chi connectivity index (χ2n) is 3.75. The molecular formula is C8H14N4O3S2. The molecule has 0 spiro atoms. The number of nitrogens with two attached hydrogens (primary N) is 1. The molecule has 0 aromatic carbocycles. The summed E-state index contributed by atoms with van der Waals surface area (Å²) in [6.45, 7) is 0.958. The molecule has 1 fully saturated rings. The minimum atomic E-state index is -3.60. The van der Waals surface area contributed by atoms with Crippen LogP contribution in [0.15, 0.2) is 4.34 Å². The Kier molecular flexibility index (Phi) is 3.92. The molecule has 7 nitrogen and oxygen atoms in total. The van der Waals surface area contributed by atoms with Gasteiger partial charge in [0, 0.05) is 13.2 Å². The third kappa shape index (κ3) is 3.35. The zero-order chi connectivity index (χ0) is 12.3. The molecule has 1 aliphatic heterocycles. The molecule has 1 unspecified atom stereocenters. The van der Waals surface area contributed by atoms with Crippen molar-refractivity contribution in [1.82, 2.24) is 14.9 Å². The van der Waals surface area contributed by atoms with E-state index in [2.05, 4.69) is 14.9 Å². The minimum absolute atomic E-state index is 0.0520. The fourth-order valence-corrected chi connectivity index (χ4v) is 3.45. The van der Waals surface area contributed by atoms with Gasteiger partial charge in [-0.05, 0) is 19.3 Å². The van der Waals surface area contributed by atoms with E-state index in [1.165, 1.54) is 0 Å². The number of hydrogen-bond acceptors (Lipinski definition) is 7. The molecule has 2 heterocycles. The van der Waals surface area contributed by atoms with Gasteiger partial charge in [-0.1, -0.05) is 11.3 Å². The molecule has 0 amide bonds. The molecular weight excluding hydrogens is 264 g/mol. The predicted molar refractivity (Wildman–Crippen MR) is 63.1 cm³/mol. The molecule has 0 saturated carbocycles. The van der Waals surface area contributed by atoms with E-state index in [0.29, 0.717) is 6.61 Å². The van der Waals surface area contributed by atoms with E-state index in [1.54, 1.807) is 0 Å². The lowest BCUT2D eigenvalue weighted by Gasteiger charge is -2.22. The van der Waals surface area contributed by atoms with E-state index < -0.39 is 10.0 Å². The quantitative estimate of drug-likeness (QED) is 0.800. The first-order valence-corrected chi connectivity index (χ1v) is 7.58. The van der Waals surface area contributed by atoms with E-state index in [-0.39, 0.29) is 22.1 Å². The van der Waals surface area contributed by atoms with Crippen LogP contribution in [0.3, 0.4) is 0 Å². The number of aromatic nitrogens is 2. The van der Waals surface area contributed by atoms with Crippen molar-refractivity contribution in [2.24, 2.45) is 0 Å². The predicted octanol–water partition coefficient (Wildman–Crippen LogP) is -0.0323. The largest absolute Gasteiger partial charge is 0.377 e. The van der Waals surface area contributed by atoms with Crippen LogP contribution in [0.25, 0.3) is 0 Å². The molecule has 1 atom stereocenters. The van der Waals surface area contributed by atoms with Crippen LogP contribution in [0, 0.1) is 0 Å². The Morgan fingerprint density at radius 2 is 2.29 bits per heavy atom. The van der Waals surface area contributed by atoms with Gasteiger partial charge in [-0.2, -0.15) is 0 Å². The van der Waals surface area contributed by atoms with Crippen molar-refractivity contribution in [3.05, 3.63) is 0 Å². The number of nitrogens with zero attached hydrogens (tertiary/aromatic N) is 2. The molecule has 0 bridgehead atoms. The molecule has 2 rings (SSSR count). The van der Waals surface area contributed by atoms with Crippen molar-refractivity contribution >= 4 is 26.5 Å². The highest BCUT2D eigenvalue weighted by atomic mass is 32.2. The van der Waals surface area contributed by atoms with Gasteiger partial charge in [-0.3, -0.25) is 0 Å². The molecule has 1 aromatic heterocycles. The van der Waals surface area contributed by atoms with Crippen LogP contribution in [0.2, 0.25) is 0 Å². The van der Waals surface area contributed by atoms with E-state index in [9.17, 15) is 8.42 Å². The van der Waals surface area contributed by atoms with Crippen LogP contribution >= 0.6 is 11.3 Å². The summed E-state index contributed by atoms with van der Waals surface area (Å²) < 4.78 is 31.3. The number of anilines is 1. The Bertz CT molecular complexity index is 467. The smallest absolute Gasteiger partial charge is 0.269 e. The molecule has 1 aromatic rings. The van der Waals surface area contributed by atoms with Gasteiger partial charge < -0.3 is 10.5 Å². The first-order valence-electron chi connectivity index (χ1n) is 5.28. The first-order chi connectivity index (χ1) is 8.08. The highest BCUT2D eigenvalue weighted by Gasteiger charge is 2.22. The van der Waals surface area contributed by atoms with Gasteiger partial charge in [0.15, 0.2) is 0 Å². The number of rotatable bonds is 4. The lowest BCUT2D eigenvalue weighted by Crippen LogP contribution is -2.35. The SMILES string of the molecule is Nc1nnc(S(=O)(=O)NCC2CCCCO2)s1. The highest BCUT2D eigenvalue weighted by Crippen LogP contribution is 2.17.